The number of likely N-dealkylation sites (tertiary alicyclic amines) is 1. The van der Waals surface area contributed by atoms with E-state index in [0.717, 1.165) is 66.5 Å². The molecule has 0 saturated carbocycles. The molecule has 0 aliphatic carbocycles. The van der Waals surface area contributed by atoms with Gasteiger partial charge in [0.25, 0.3) is 0 Å². The number of ketones is 1. The number of hydrogen-bond donors (Lipinski definition) is 0. The topological polar surface area (TPSA) is 42.3 Å². The molecule has 1 aromatic heterocycles. The monoisotopic (exact) mass is 418 g/mol. The van der Waals surface area contributed by atoms with Gasteiger partial charge in [-0.05, 0) is 86.1 Å². The second-order valence-electron chi connectivity index (χ2n) is 8.96. The van der Waals surface area contributed by atoms with Gasteiger partial charge in [0.05, 0.1) is 5.52 Å². The van der Waals surface area contributed by atoms with Crippen molar-refractivity contribution in [2.24, 2.45) is 5.92 Å². The molecule has 0 spiro atoms. The highest BCUT2D eigenvalue weighted by Gasteiger charge is 2.23. The van der Waals surface area contributed by atoms with E-state index in [1.807, 2.05) is 36.5 Å². The van der Waals surface area contributed by atoms with Crippen LogP contribution in [-0.2, 0) is 13.0 Å². The summed E-state index contributed by atoms with van der Waals surface area (Å²) in [5, 5.41) is 0.989. The Labute approximate surface area is 181 Å². The van der Waals surface area contributed by atoms with Crippen LogP contribution in [0.5, 0.6) is 0 Å². The van der Waals surface area contributed by atoms with E-state index in [1.54, 1.807) is 4.57 Å². The molecule has 5 rings (SSSR count). The number of Topliss-reactive ketones (excluding diaryl/α,β-unsaturated/α-hetero) is 1. The summed E-state index contributed by atoms with van der Waals surface area (Å²) in [7, 11) is 0. The summed E-state index contributed by atoms with van der Waals surface area (Å²) in [6, 6.07) is 12.6. The van der Waals surface area contributed by atoms with Crippen LogP contribution in [-0.4, -0.2) is 34.2 Å². The molecule has 3 aromatic rings. The number of nitrogens with zero attached hydrogens (tertiary/aromatic N) is 2. The van der Waals surface area contributed by atoms with E-state index in [0.29, 0.717) is 25.2 Å². The highest BCUT2D eigenvalue weighted by atomic mass is 19.1. The molecule has 31 heavy (non-hydrogen) atoms. The summed E-state index contributed by atoms with van der Waals surface area (Å²) >= 11 is 0. The van der Waals surface area contributed by atoms with Crippen molar-refractivity contribution < 1.29 is 14.0 Å². The molecule has 5 heteroatoms. The van der Waals surface area contributed by atoms with Crippen LogP contribution in [0.15, 0.2) is 48.7 Å². The third-order valence-corrected chi connectivity index (χ3v) is 6.87. The van der Waals surface area contributed by atoms with E-state index in [9.17, 15) is 14.0 Å². The minimum atomic E-state index is -0.193. The Balaban J connectivity index is 1.16. The van der Waals surface area contributed by atoms with Crippen molar-refractivity contribution in [2.75, 3.05) is 13.1 Å². The maximum atomic E-state index is 13.1. The predicted molar refractivity (Wildman–Crippen MR) is 119 cm³/mol. The Hall–Kier alpha value is -2.79. The number of carbonyl (C=O) groups excluding carboxylic acids is 2. The average Bonchev–Trinajstić information content (AvgIpc) is 3.22. The fourth-order valence-electron chi connectivity index (χ4n) is 5.05. The average molecular weight is 419 g/mol. The summed E-state index contributed by atoms with van der Waals surface area (Å²) in [6.45, 7) is 2.90. The van der Waals surface area contributed by atoms with Gasteiger partial charge in [0.15, 0.2) is 5.78 Å². The quantitative estimate of drug-likeness (QED) is 0.514. The fourth-order valence-corrected chi connectivity index (χ4v) is 5.05. The van der Waals surface area contributed by atoms with Crippen molar-refractivity contribution in [2.45, 2.75) is 45.1 Å². The van der Waals surface area contributed by atoms with Crippen LogP contribution >= 0.6 is 0 Å². The van der Waals surface area contributed by atoms with Gasteiger partial charge >= 0.3 is 0 Å². The van der Waals surface area contributed by atoms with Gasteiger partial charge in [0.1, 0.15) is 5.82 Å². The van der Waals surface area contributed by atoms with Gasteiger partial charge in [0.2, 0.25) is 5.91 Å². The first-order chi connectivity index (χ1) is 15.1. The van der Waals surface area contributed by atoms with E-state index in [-0.39, 0.29) is 17.5 Å². The van der Waals surface area contributed by atoms with Gasteiger partial charge in [-0.15, -0.1) is 0 Å². The summed E-state index contributed by atoms with van der Waals surface area (Å²) in [5.41, 5.74) is 4.01. The normalized spacial score (nSPS) is 17.4. The maximum Gasteiger partial charge on any atom is 0.231 e. The Morgan fingerprint density at radius 3 is 2.58 bits per heavy atom. The Morgan fingerprint density at radius 1 is 1.03 bits per heavy atom. The van der Waals surface area contributed by atoms with Crippen LogP contribution in [0.2, 0.25) is 0 Å². The second kappa shape index (κ2) is 8.39. The number of halogens is 1. The zero-order valence-electron chi connectivity index (χ0n) is 17.6. The van der Waals surface area contributed by atoms with Crippen molar-refractivity contribution in [1.82, 2.24) is 9.47 Å². The van der Waals surface area contributed by atoms with Crippen LogP contribution in [0.25, 0.3) is 10.9 Å². The van der Waals surface area contributed by atoms with Gasteiger partial charge in [-0.25, -0.2) is 4.39 Å². The molecule has 0 atom stereocenters. The number of benzene rings is 2. The molecule has 160 valence electrons. The lowest BCUT2D eigenvalue weighted by Crippen LogP contribution is -2.33. The number of piperidine rings is 1. The van der Waals surface area contributed by atoms with Crippen LogP contribution < -0.4 is 0 Å². The SMILES string of the molecule is O=C(CCC1CCN(Cc2ccc(F)cc2)CC1)c1cc2c3c(ccn3C(=O)CC2)c1. The molecule has 4 nitrogen and oxygen atoms in total. The molecular weight excluding hydrogens is 391 g/mol. The molecule has 2 aliphatic heterocycles. The Morgan fingerprint density at radius 2 is 1.81 bits per heavy atom. The lowest BCUT2D eigenvalue weighted by Gasteiger charge is -2.32. The fraction of sp³-hybridized carbons (Fsp3) is 0.385. The van der Waals surface area contributed by atoms with Gasteiger partial charge in [-0.3, -0.25) is 19.1 Å². The van der Waals surface area contributed by atoms with Crippen LogP contribution in [0.1, 0.15) is 58.4 Å². The predicted octanol–water partition coefficient (Wildman–Crippen LogP) is 5.24. The summed E-state index contributed by atoms with van der Waals surface area (Å²) in [6.07, 6.45) is 6.75. The van der Waals surface area contributed by atoms with E-state index in [1.165, 1.54) is 12.1 Å². The van der Waals surface area contributed by atoms with E-state index < -0.39 is 0 Å². The number of carbonyl (C=O) groups is 2. The second-order valence-corrected chi connectivity index (χ2v) is 8.96. The molecule has 2 aliphatic rings. The Bertz CT molecular complexity index is 1120. The summed E-state index contributed by atoms with van der Waals surface area (Å²) in [4.78, 5) is 27.4. The highest BCUT2D eigenvalue weighted by Crippen LogP contribution is 2.29. The van der Waals surface area contributed by atoms with Crippen molar-refractivity contribution >= 4 is 22.6 Å². The van der Waals surface area contributed by atoms with Gasteiger partial charge < -0.3 is 0 Å². The van der Waals surface area contributed by atoms with Crippen LogP contribution in [0, 0.1) is 11.7 Å². The number of hydrogen-bond acceptors (Lipinski definition) is 3. The van der Waals surface area contributed by atoms with Crippen LogP contribution in [0.3, 0.4) is 0 Å². The third-order valence-electron chi connectivity index (χ3n) is 6.87. The Kier molecular flexibility index (Phi) is 5.45. The highest BCUT2D eigenvalue weighted by molar-refractivity contribution is 6.03. The molecule has 1 saturated heterocycles. The van der Waals surface area contributed by atoms with E-state index in [4.69, 9.17) is 0 Å². The molecular formula is C26H27FN2O2. The zero-order chi connectivity index (χ0) is 21.4. The lowest BCUT2D eigenvalue weighted by molar-refractivity contribution is 0.0903. The third kappa shape index (κ3) is 4.19. The molecule has 1 fully saturated rings. The largest absolute Gasteiger partial charge is 0.299 e. The summed E-state index contributed by atoms with van der Waals surface area (Å²) < 4.78 is 14.8. The molecule has 0 unspecified atom stereocenters. The first-order valence-corrected chi connectivity index (χ1v) is 11.2. The smallest absolute Gasteiger partial charge is 0.231 e. The first-order valence-electron chi connectivity index (χ1n) is 11.2. The standard InChI is InChI=1S/C26H27FN2O2/c27-23-5-1-19(2-6-23)17-28-12-9-18(10-13-28)3-7-24(30)22-15-20-4-8-25(31)29-14-11-21(16-22)26(20)29/h1-2,5-6,11,14-16,18H,3-4,7-10,12-13,17H2. The van der Waals surface area contributed by atoms with Crippen LogP contribution in [0.4, 0.5) is 4.39 Å². The number of rotatable bonds is 6. The minimum absolute atomic E-state index is 0.132. The van der Waals surface area contributed by atoms with Gasteiger partial charge in [-0.2, -0.15) is 0 Å². The summed E-state index contributed by atoms with van der Waals surface area (Å²) in [5.74, 6) is 0.722. The number of aromatic nitrogens is 1. The number of aryl methyl sites for hydroxylation is 1. The zero-order valence-corrected chi connectivity index (χ0v) is 17.6. The lowest BCUT2D eigenvalue weighted by atomic mass is 9.89. The van der Waals surface area contributed by atoms with Crippen molar-refractivity contribution in [3.05, 3.63) is 71.2 Å². The maximum absolute atomic E-state index is 13.1. The molecule has 0 radical (unpaired) electrons. The molecule has 3 heterocycles. The molecule has 0 amide bonds. The van der Waals surface area contributed by atoms with Crippen molar-refractivity contribution in [1.29, 1.82) is 0 Å². The van der Waals surface area contributed by atoms with E-state index >= 15 is 0 Å². The van der Waals surface area contributed by atoms with Gasteiger partial charge in [0, 0.05) is 36.5 Å². The van der Waals surface area contributed by atoms with Gasteiger partial charge in [-0.1, -0.05) is 12.1 Å². The molecule has 2 aromatic carbocycles. The van der Waals surface area contributed by atoms with Crippen molar-refractivity contribution in [3.63, 3.8) is 0 Å². The minimum Gasteiger partial charge on any atom is -0.299 e. The molecule has 0 bridgehead atoms. The molecule has 0 N–H and O–H groups in total. The first kappa shape index (κ1) is 20.1. The van der Waals surface area contributed by atoms with E-state index in [2.05, 4.69) is 4.90 Å². The van der Waals surface area contributed by atoms with Crippen molar-refractivity contribution in [3.8, 4) is 0 Å².